The van der Waals surface area contributed by atoms with E-state index in [1.165, 1.54) is 186 Å². The standard InChI is InChI=1S/C60H110O6/c1-4-7-10-13-16-18-20-22-23-24-25-26-27-28-29-30-31-32-33-34-35-36-37-39-40-42-44-47-50-53-59(62)65-56-57(55-64-58(61)52-49-46-15-12-9-6-3)66-60(63)54-51-48-45-43-41-38-21-19-17-14-11-8-5-2/h8,11,17,19,38,41,57H,4-7,9-10,12-16,18,20-37,39-40,42-56H2,1-3H3/b11-8-,19-17-,41-38-. The molecule has 6 heteroatoms. The minimum absolute atomic E-state index is 0.0808. The molecule has 0 heterocycles. The van der Waals surface area contributed by atoms with Crippen LogP contribution in [0.5, 0.6) is 0 Å². The van der Waals surface area contributed by atoms with Gasteiger partial charge >= 0.3 is 17.9 Å². The molecule has 0 aliphatic carbocycles. The van der Waals surface area contributed by atoms with Gasteiger partial charge in [-0.15, -0.1) is 0 Å². The van der Waals surface area contributed by atoms with E-state index >= 15 is 0 Å². The Morgan fingerprint density at radius 1 is 0.318 bits per heavy atom. The number of esters is 3. The van der Waals surface area contributed by atoms with E-state index in [1.807, 2.05) is 0 Å². The summed E-state index contributed by atoms with van der Waals surface area (Å²) in [5, 5.41) is 0. The van der Waals surface area contributed by atoms with Crippen molar-refractivity contribution < 1.29 is 28.6 Å². The van der Waals surface area contributed by atoms with Crippen LogP contribution in [-0.4, -0.2) is 37.2 Å². The van der Waals surface area contributed by atoms with Gasteiger partial charge in [0.05, 0.1) is 0 Å². The van der Waals surface area contributed by atoms with E-state index in [0.717, 1.165) is 83.5 Å². The fourth-order valence-electron chi connectivity index (χ4n) is 8.58. The van der Waals surface area contributed by atoms with Gasteiger partial charge in [-0.2, -0.15) is 0 Å². The van der Waals surface area contributed by atoms with Crippen molar-refractivity contribution in [3.05, 3.63) is 36.5 Å². The van der Waals surface area contributed by atoms with Crippen LogP contribution < -0.4 is 0 Å². The number of rotatable bonds is 53. The van der Waals surface area contributed by atoms with E-state index < -0.39 is 6.10 Å². The Balaban J connectivity index is 3.96. The molecular weight excluding hydrogens is 817 g/mol. The number of carbonyl (C=O) groups excluding carboxylic acids is 3. The summed E-state index contributed by atoms with van der Waals surface area (Å²) in [6.07, 6.45) is 66.3. The smallest absolute Gasteiger partial charge is 0.306 e. The van der Waals surface area contributed by atoms with Crippen molar-refractivity contribution in [2.45, 2.75) is 316 Å². The molecule has 0 rings (SSSR count). The van der Waals surface area contributed by atoms with Crippen LogP contribution in [0.1, 0.15) is 310 Å². The summed E-state index contributed by atoms with van der Waals surface area (Å²) in [5.41, 5.74) is 0. The first kappa shape index (κ1) is 63.6. The number of allylic oxidation sites excluding steroid dienone is 6. The highest BCUT2D eigenvalue weighted by atomic mass is 16.6. The van der Waals surface area contributed by atoms with Crippen LogP contribution in [0, 0.1) is 0 Å². The van der Waals surface area contributed by atoms with Crippen LogP contribution in [0.15, 0.2) is 36.5 Å². The lowest BCUT2D eigenvalue weighted by Crippen LogP contribution is -2.30. The predicted octanol–water partition coefficient (Wildman–Crippen LogP) is 19.3. The summed E-state index contributed by atoms with van der Waals surface area (Å²) in [4.78, 5) is 37.8. The Bertz CT molecular complexity index is 1110. The first-order valence-corrected chi connectivity index (χ1v) is 29.0. The SMILES string of the molecule is CC/C=C\C/C=C\C/C=C\CCCCCC(=O)OC(COC(=O)CCCCCCCC)COC(=O)CCCCCCCCCCCCCCCCCCCCCCCCCCCCCCC. The highest BCUT2D eigenvalue weighted by Crippen LogP contribution is 2.17. The second-order valence-corrected chi connectivity index (χ2v) is 19.5. The predicted molar refractivity (Wildman–Crippen MR) is 284 cm³/mol. The van der Waals surface area contributed by atoms with Crippen molar-refractivity contribution in [3.63, 3.8) is 0 Å². The average Bonchev–Trinajstić information content (AvgIpc) is 3.31. The maximum atomic E-state index is 12.7. The van der Waals surface area contributed by atoms with Crippen molar-refractivity contribution in [1.29, 1.82) is 0 Å². The molecule has 0 saturated carbocycles. The zero-order valence-corrected chi connectivity index (χ0v) is 44.2. The zero-order chi connectivity index (χ0) is 47.9. The Labute approximate surface area is 410 Å². The second kappa shape index (κ2) is 55.2. The Morgan fingerprint density at radius 2 is 0.591 bits per heavy atom. The first-order valence-electron chi connectivity index (χ1n) is 29.0. The molecule has 0 saturated heterocycles. The van der Waals surface area contributed by atoms with Crippen LogP contribution in [0.3, 0.4) is 0 Å². The summed E-state index contributed by atoms with van der Waals surface area (Å²) >= 11 is 0. The van der Waals surface area contributed by atoms with Gasteiger partial charge in [-0.1, -0.05) is 276 Å². The Morgan fingerprint density at radius 3 is 0.924 bits per heavy atom. The van der Waals surface area contributed by atoms with E-state index in [2.05, 4.69) is 57.2 Å². The molecule has 66 heavy (non-hydrogen) atoms. The van der Waals surface area contributed by atoms with Crippen molar-refractivity contribution >= 4 is 17.9 Å². The van der Waals surface area contributed by atoms with Crippen LogP contribution in [0.2, 0.25) is 0 Å². The molecule has 0 N–H and O–H groups in total. The summed E-state index contributed by atoms with van der Waals surface area (Å²) < 4.78 is 16.7. The lowest BCUT2D eigenvalue weighted by Gasteiger charge is -2.18. The largest absolute Gasteiger partial charge is 0.462 e. The van der Waals surface area contributed by atoms with Crippen LogP contribution in [0.25, 0.3) is 0 Å². The molecule has 1 unspecified atom stereocenters. The summed E-state index contributed by atoms with van der Waals surface area (Å²) in [5.74, 6) is -0.908. The average molecular weight is 928 g/mol. The number of carbonyl (C=O) groups is 3. The van der Waals surface area contributed by atoms with Gasteiger partial charge in [-0.3, -0.25) is 14.4 Å². The maximum absolute atomic E-state index is 12.7. The maximum Gasteiger partial charge on any atom is 0.306 e. The van der Waals surface area contributed by atoms with Crippen LogP contribution in [0.4, 0.5) is 0 Å². The third-order valence-corrected chi connectivity index (χ3v) is 12.9. The van der Waals surface area contributed by atoms with E-state index in [4.69, 9.17) is 14.2 Å². The highest BCUT2D eigenvalue weighted by Gasteiger charge is 2.19. The Hall–Kier alpha value is -2.37. The van der Waals surface area contributed by atoms with E-state index in [9.17, 15) is 14.4 Å². The van der Waals surface area contributed by atoms with Gasteiger partial charge in [0.15, 0.2) is 6.10 Å². The molecule has 0 aromatic heterocycles. The normalized spacial score (nSPS) is 12.2. The number of hydrogen-bond donors (Lipinski definition) is 0. The quantitative estimate of drug-likeness (QED) is 0.0262. The molecule has 0 aromatic carbocycles. The lowest BCUT2D eigenvalue weighted by molar-refractivity contribution is -0.167. The first-order chi connectivity index (χ1) is 32.5. The number of ether oxygens (including phenoxy) is 3. The highest BCUT2D eigenvalue weighted by molar-refractivity contribution is 5.71. The summed E-state index contributed by atoms with van der Waals surface area (Å²) in [7, 11) is 0. The molecule has 0 aromatic rings. The van der Waals surface area contributed by atoms with Crippen LogP contribution in [-0.2, 0) is 28.6 Å². The minimum Gasteiger partial charge on any atom is -0.462 e. The molecule has 0 spiro atoms. The number of unbranched alkanes of at least 4 members (excludes halogenated alkanes) is 36. The van der Waals surface area contributed by atoms with Gasteiger partial charge in [0.1, 0.15) is 13.2 Å². The van der Waals surface area contributed by atoms with Gasteiger partial charge in [0.2, 0.25) is 0 Å². The zero-order valence-electron chi connectivity index (χ0n) is 44.2. The fourth-order valence-corrected chi connectivity index (χ4v) is 8.58. The molecule has 1 atom stereocenters. The molecule has 0 fully saturated rings. The molecule has 386 valence electrons. The summed E-state index contributed by atoms with van der Waals surface area (Å²) in [6.45, 7) is 6.47. The number of hydrogen-bond acceptors (Lipinski definition) is 6. The topological polar surface area (TPSA) is 78.9 Å². The van der Waals surface area contributed by atoms with E-state index in [0.29, 0.717) is 19.3 Å². The van der Waals surface area contributed by atoms with Crippen molar-refractivity contribution in [3.8, 4) is 0 Å². The molecule has 0 radical (unpaired) electrons. The molecule has 0 bridgehead atoms. The molecule has 0 aliphatic rings. The monoisotopic (exact) mass is 927 g/mol. The lowest BCUT2D eigenvalue weighted by atomic mass is 10.0. The second-order valence-electron chi connectivity index (χ2n) is 19.5. The van der Waals surface area contributed by atoms with E-state index in [-0.39, 0.29) is 31.1 Å². The van der Waals surface area contributed by atoms with Gasteiger partial charge in [-0.05, 0) is 51.4 Å². The third-order valence-electron chi connectivity index (χ3n) is 12.9. The van der Waals surface area contributed by atoms with Crippen molar-refractivity contribution in [2.24, 2.45) is 0 Å². The molecule has 0 amide bonds. The van der Waals surface area contributed by atoms with E-state index in [1.54, 1.807) is 0 Å². The van der Waals surface area contributed by atoms with Gasteiger partial charge in [0.25, 0.3) is 0 Å². The fraction of sp³-hybridized carbons (Fsp3) is 0.850. The van der Waals surface area contributed by atoms with Gasteiger partial charge < -0.3 is 14.2 Å². The van der Waals surface area contributed by atoms with Gasteiger partial charge in [-0.25, -0.2) is 0 Å². The Kier molecular flexibility index (Phi) is 53.2. The molecular formula is C60H110O6. The molecule has 0 aliphatic heterocycles. The summed E-state index contributed by atoms with van der Waals surface area (Å²) in [6, 6.07) is 0. The van der Waals surface area contributed by atoms with Crippen molar-refractivity contribution in [1.82, 2.24) is 0 Å². The van der Waals surface area contributed by atoms with Gasteiger partial charge in [0, 0.05) is 19.3 Å². The molecule has 6 nitrogen and oxygen atoms in total. The third kappa shape index (κ3) is 52.6. The minimum atomic E-state index is -0.781. The van der Waals surface area contributed by atoms with Crippen LogP contribution >= 0.6 is 0 Å². The van der Waals surface area contributed by atoms with Crippen molar-refractivity contribution in [2.75, 3.05) is 13.2 Å².